The van der Waals surface area contributed by atoms with Crippen molar-refractivity contribution in [3.63, 3.8) is 0 Å². The number of hydrogen-bond donors (Lipinski definition) is 0. The Hall–Kier alpha value is -2.83. The van der Waals surface area contributed by atoms with Gasteiger partial charge in [-0.05, 0) is 69.4 Å². The maximum atomic E-state index is 13.5. The summed E-state index contributed by atoms with van der Waals surface area (Å²) in [6, 6.07) is 12.0. The smallest absolute Gasteiger partial charge is 0.290 e. The molecule has 1 aromatic heterocycles. The molecule has 4 rings (SSSR count). The number of hydrogen-bond acceptors (Lipinski definition) is 5. The van der Waals surface area contributed by atoms with Gasteiger partial charge in [0.15, 0.2) is 5.43 Å². The molecule has 0 radical (unpaired) electrons. The van der Waals surface area contributed by atoms with Crippen molar-refractivity contribution < 1.29 is 13.9 Å². The molecule has 2 aromatic carbocycles. The van der Waals surface area contributed by atoms with Crippen molar-refractivity contribution in [2.75, 3.05) is 33.8 Å². The maximum absolute atomic E-state index is 13.5. The molecule has 1 aliphatic rings. The highest BCUT2D eigenvalue weighted by Crippen LogP contribution is 2.38. The van der Waals surface area contributed by atoms with Gasteiger partial charge in [-0.25, -0.2) is 0 Å². The number of benzene rings is 2. The van der Waals surface area contributed by atoms with Crippen LogP contribution in [0.15, 0.2) is 51.7 Å². The second kappa shape index (κ2) is 9.35. The van der Waals surface area contributed by atoms with Crippen LogP contribution in [-0.2, 0) is 0 Å². The molecule has 0 N–H and O–H groups in total. The van der Waals surface area contributed by atoms with Crippen molar-refractivity contribution in [3.05, 3.63) is 74.6 Å². The van der Waals surface area contributed by atoms with E-state index >= 15 is 0 Å². The molecular formula is C25H27ClN2O4. The Balaban J connectivity index is 1.80. The van der Waals surface area contributed by atoms with Crippen LogP contribution in [0.2, 0.25) is 5.02 Å². The predicted molar refractivity (Wildman–Crippen MR) is 126 cm³/mol. The fourth-order valence-electron chi connectivity index (χ4n) is 4.09. The van der Waals surface area contributed by atoms with Crippen LogP contribution in [0.1, 0.15) is 47.5 Å². The Kier molecular flexibility index (Phi) is 6.53. The molecule has 1 aliphatic heterocycles. The highest BCUT2D eigenvalue weighted by Gasteiger charge is 2.42. The SMILES string of the molecule is CCCOc1ccc([C@H]2c3c(oc4ccc(Cl)cc4c3=O)C(=O)N2CCCN(C)C)cc1. The lowest BCUT2D eigenvalue weighted by Gasteiger charge is -2.26. The van der Waals surface area contributed by atoms with Crippen LogP contribution < -0.4 is 10.2 Å². The van der Waals surface area contributed by atoms with Crippen LogP contribution in [0, 0.1) is 0 Å². The Morgan fingerprint density at radius 2 is 1.88 bits per heavy atom. The molecule has 0 fully saturated rings. The zero-order valence-electron chi connectivity index (χ0n) is 18.6. The normalized spacial score (nSPS) is 15.6. The van der Waals surface area contributed by atoms with Crippen molar-refractivity contribution in [3.8, 4) is 5.75 Å². The van der Waals surface area contributed by atoms with Crippen molar-refractivity contribution in [2.45, 2.75) is 25.8 Å². The highest BCUT2D eigenvalue weighted by molar-refractivity contribution is 6.31. The number of rotatable bonds is 8. The topological polar surface area (TPSA) is 63.0 Å². The van der Waals surface area contributed by atoms with Crippen LogP contribution >= 0.6 is 11.6 Å². The first-order valence-corrected chi connectivity index (χ1v) is 11.2. The van der Waals surface area contributed by atoms with E-state index in [0.717, 1.165) is 30.7 Å². The molecule has 0 saturated heterocycles. The summed E-state index contributed by atoms with van der Waals surface area (Å²) in [4.78, 5) is 30.7. The molecule has 0 unspecified atom stereocenters. The van der Waals surface area contributed by atoms with E-state index in [0.29, 0.717) is 34.7 Å². The van der Waals surface area contributed by atoms with Crippen LogP contribution in [0.4, 0.5) is 0 Å². The summed E-state index contributed by atoms with van der Waals surface area (Å²) in [7, 11) is 3.99. The zero-order valence-corrected chi connectivity index (χ0v) is 19.3. The average molecular weight is 455 g/mol. The molecule has 0 saturated carbocycles. The van der Waals surface area contributed by atoms with Gasteiger partial charge < -0.3 is 19.0 Å². The van der Waals surface area contributed by atoms with E-state index in [4.69, 9.17) is 20.8 Å². The molecule has 0 bridgehead atoms. The highest BCUT2D eigenvalue weighted by atomic mass is 35.5. The van der Waals surface area contributed by atoms with E-state index in [1.54, 1.807) is 23.1 Å². The molecule has 2 heterocycles. The number of halogens is 1. The summed E-state index contributed by atoms with van der Waals surface area (Å²) in [5, 5.41) is 0.831. The van der Waals surface area contributed by atoms with Crippen LogP contribution in [0.3, 0.4) is 0 Å². The first kappa shape index (κ1) is 22.4. The average Bonchev–Trinajstić information content (AvgIpc) is 3.05. The number of carbonyl (C=O) groups is 1. The van der Waals surface area contributed by atoms with Gasteiger partial charge in [-0.15, -0.1) is 0 Å². The number of fused-ring (bicyclic) bond motifs is 2. The molecule has 32 heavy (non-hydrogen) atoms. The van der Waals surface area contributed by atoms with Crippen LogP contribution in [0.5, 0.6) is 5.75 Å². The summed E-state index contributed by atoms with van der Waals surface area (Å²) in [5.41, 5.74) is 1.36. The van der Waals surface area contributed by atoms with E-state index in [1.165, 1.54) is 0 Å². The zero-order chi connectivity index (χ0) is 22.8. The van der Waals surface area contributed by atoms with Crippen molar-refractivity contribution >= 4 is 28.5 Å². The third-order valence-electron chi connectivity index (χ3n) is 5.60. The first-order valence-electron chi connectivity index (χ1n) is 10.9. The summed E-state index contributed by atoms with van der Waals surface area (Å²) in [6.45, 7) is 4.03. The second-order valence-electron chi connectivity index (χ2n) is 8.29. The number of nitrogens with zero attached hydrogens (tertiary/aromatic N) is 2. The minimum absolute atomic E-state index is 0.117. The van der Waals surface area contributed by atoms with Gasteiger partial charge in [0.25, 0.3) is 5.91 Å². The maximum Gasteiger partial charge on any atom is 0.290 e. The molecule has 0 aliphatic carbocycles. The van der Waals surface area contributed by atoms with Crippen molar-refractivity contribution in [1.29, 1.82) is 0 Å². The molecule has 3 aromatic rings. The third-order valence-corrected chi connectivity index (χ3v) is 5.84. The summed E-state index contributed by atoms with van der Waals surface area (Å²) in [5.74, 6) is 0.617. The van der Waals surface area contributed by atoms with Gasteiger partial charge in [-0.3, -0.25) is 9.59 Å². The van der Waals surface area contributed by atoms with Gasteiger partial charge >= 0.3 is 0 Å². The summed E-state index contributed by atoms with van der Waals surface area (Å²) >= 11 is 6.13. The monoisotopic (exact) mass is 454 g/mol. The fourth-order valence-corrected chi connectivity index (χ4v) is 4.27. The lowest BCUT2D eigenvalue weighted by molar-refractivity contribution is 0.0722. The second-order valence-corrected chi connectivity index (χ2v) is 8.73. The fraction of sp³-hybridized carbons (Fsp3) is 0.360. The van der Waals surface area contributed by atoms with Gasteiger partial charge in [0.1, 0.15) is 11.3 Å². The minimum Gasteiger partial charge on any atom is -0.494 e. The van der Waals surface area contributed by atoms with Crippen LogP contribution in [-0.4, -0.2) is 49.5 Å². The van der Waals surface area contributed by atoms with E-state index in [-0.39, 0.29) is 17.1 Å². The molecule has 0 spiro atoms. The lowest BCUT2D eigenvalue weighted by Crippen LogP contribution is -2.32. The number of amides is 1. The molecule has 1 amide bonds. The van der Waals surface area contributed by atoms with Crippen molar-refractivity contribution in [2.24, 2.45) is 0 Å². The van der Waals surface area contributed by atoms with E-state index in [2.05, 4.69) is 11.8 Å². The first-order chi connectivity index (χ1) is 15.4. The standard InChI is InChI=1S/C25H27ClN2O4/c1-4-14-31-18-9-6-16(7-10-18)22-21-23(29)19-15-17(26)8-11-20(19)32-24(21)25(30)28(22)13-5-12-27(2)3/h6-11,15,22H,4-5,12-14H2,1-3H3/t22-/m0/s1. The summed E-state index contributed by atoms with van der Waals surface area (Å²) < 4.78 is 11.6. The van der Waals surface area contributed by atoms with E-state index < -0.39 is 6.04 Å². The van der Waals surface area contributed by atoms with Crippen LogP contribution in [0.25, 0.3) is 11.0 Å². The van der Waals surface area contributed by atoms with E-state index in [1.807, 2.05) is 38.4 Å². The number of ether oxygens (including phenoxy) is 1. The molecular weight excluding hydrogens is 428 g/mol. The molecule has 168 valence electrons. The predicted octanol–water partition coefficient (Wildman–Crippen LogP) is 4.73. The quantitative estimate of drug-likeness (QED) is 0.492. The molecule has 7 heteroatoms. The lowest BCUT2D eigenvalue weighted by atomic mass is 9.98. The largest absolute Gasteiger partial charge is 0.494 e. The Morgan fingerprint density at radius 3 is 2.56 bits per heavy atom. The van der Waals surface area contributed by atoms with Gasteiger partial charge in [0.05, 0.1) is 23.6 Å². The van der Waals surface area contributed by atoms with Gasteiger partial charge in [-0.1, -0.05) is 30.7 Å². The molecule has 1 atom stereocenters. The van der Waals surface area contributed by atoms with Gasteiger partial charge in [-0.2, -0.15) is 0 Å². The van der Waals surface area contributed by atoms with Crippen molar-refractivity contribution in [1.82, 2.24) is 9.80 Å². The Morgan fingerprint density at radius 1 is 1.12 bits per heavy atom. The van der Waals surface area contributed by atoms with E-state index in [9.17, 15) is 9.59 Å². The summed E-state index contributed by atoms with van der Waals surface area (Å²) in [6.07, 6.45) is 1.70. The van der Waals surface area contributed by atoms with Gasteiger partial charge in [0, 0.05) is 11.6 Å². The molecule has 6 nitrogen and oxygen atoms in total. The minimum atomic E-state index is -0.514. The Labute approximate surface area is 192 Å². The third kappa shape index (κ3) is 4.25. The number of carbonyl (C=O) groups excluding carboxylic acids is 1. The van der Waals surface area contributed by atoms with Gasteiger partial charge in [0.2, 0.25) is 5.76 Å². The Bertz CT molecular complexity index is 1190.